The molecule has 25 heavy (non-hydrogen) atoms. The third kappa shape index (κ3) is 3.50. The van der Waals surface area contributed by atoms with Crippen molar-refractivity contribution >= 4 is 23.4 Å². The number of anilines is 2. The molecule has 1 aliphatic heterocycles. The molecule has 0 saturated carbocycles. The molecule has 1 aliphatic rings. The molecule has 134 valence electrons. The minimum Gasteiger partial charge on any atom is -0.354 e. The van der Waals surface area contributed by atoms with Crippen LogP contribution in [0.3, 0.4) is 0 Å². The number of aliphatic hydroxyl groups is 1. The van der Waals surface area contributed by atoms with E-state index in [0.29, 0.717) is 29.0 Å². The van der Waals surface area contributed by atoms with Crippen LogP contribution in [-0.4, -0.2) is 38.5 Å². The van der Waals surface area contributed by atoms with Gasteiger partial charge in [0.15, 0.2) is 5.16 Å². The number of nitrogens with one attached hydrogen (secondary N) is 2. The van der Waals surface area contributed by atoms with E-state index in [2.05, 4.69) is 38.6 Å². The first kappa shape index (κ1) is 17.8. The average Bonchev–Trinajstić information content (AvgIpc) is 2.88. The molecule has 1 aromatic carbocycles. The van der Waals surface area contributed by atoms with Crippen molar-refractivity contribution in [1.29, 1.82) is 0 Å². The maximum absolute atomic E-state index is 11.3. The van der Waals surface area contributed by atoms with Gasteiger partial charge < -0.3 is 15.7 Å². The number of benzene rings is 1. The molecular weight excluding hydrogens is 336 g/mol. The van der Waals surface area contributed by atoms with Gasteiger partial charge in [0, 0.05) is 18.8 Å². The number of aromatic nitrogens is 3. The van der Waals surface area contributed by atoms with E-state index in [1.54, 1.807) is 4.57 Å². The summed E-state index contributed by atoms with van der Waals surface area (Å²) < 4.78 is 1.68. The molecule has 0 aliphatic carbocycles. The summed E-state index contributed by atoms with van der Waals surface area (Å²) in [6.45, 7) is 9.31. The molecule has 1 atom stereocenters. The van der Waals surface area contributed by atoms with Crippen LogP contribution in [0.4, 0.5) is 11.6 Å². The molecule has 8 heteroatoms. The predicted molar refractivity (Wildman–Crippen MR) is 101 cm³/mol. The second-order valence-corrected chi connectivity index (χ2v) is 6.96. The van der Waals surface area contributed by atoms with Crippen molar-refractivity contribution < 1.29 is 5.11 Å². The third-order valence-electron chi connectivity index (χ3n) is 3.92. The van der Waals surface area contributed by atoms with Crippen molar-refractivity contribution in [3.8, 4) is 0 Å². The molecule has 3 N–H and O–H groups in total. The summed E-state index contributed by atoms with van der Waals surface area (Å²) in [6.07, 6.45) is 0. The lowest BCUT2D eigenvalue weighted by Gasteiger charge is -2.28. The second-order valence-electron chi connectivity index (χ2n) is 6.02. The number of hydrogen-bond acceptors (Lipinski definition) is 7. The fourth-order valence-electron chi connectivity index (χ4n) is 2.79. The standard InChI is InChI=1S/C17H24N6OS/c1-5-18-14-20-15(19-6-2)23-16(21-14)25-10-17(23,24)22-13-8-7-11(3)9-12(13)4/h7-9,22,24H,5-6,10H2,1-4H3,(H,18,19,20)/t17-/m1/s1. The van der Waals surface area contributed by atoms with Crippen molar-refractivity contribution in [2.75, 3.05) is 29.5 Å². The number of rotatable bonds is 5. The molecule has 2 heterocycles. The van der Waals surface area contributed by atoms with Crippen LogP contribution in [0.5, 0.6) is 0 Å². The number of nitrogens with zero attached hydrogens (tertiary/aromatic N) is 4. The molecule has 0 unspecified atom stereocenters. The number of aryl methyl sites for hydroxylation is 2. The molecule has 0 bridgehead atoms. The van der Waals surface area contributed by atoms with Crippen LogP contribution in [-0.2, 0) is 5.85 Å². The highest BCUT2D eigenvalue weighted by molar-refractivity contribution is 7.99. The summed E-state index contributed by atoms with van der Waals surface area (Å²) >= 11 is 1.48. The zero-order valence-electron chi connectivity index (χ0n) is 15.0. The molecule has 0 saturated heterocycles. The molecule has 1 aromatic heterocycles. The minimum atomic E-state index is -1.32. The van der Waals surface area contributed by atoms with E-state index in [4.69, 9.17) is 0 Å². The highest BCUT2D eigenvalue weighted by Gasteiger charge is 2.39. The molecule has 3 rings (SSSR count). The Bertz CT molecular complexity index is 850. The highest BCUT2D eigenvalue weighted by atomic mass is 32.2. The second kappa shape index (κ2) is 7.05. The molecule has 0 amide bonds. The van der Waals surface area contributed by atoms with Crippen LogP contribution < -0.4 is 16.3 Å². The van der Waals surface area contributed by atoms with Crippen molar-refractivity contribution in [3.63, 3.8) is 0 Å². The molecule has 0 fully saturated rings. The van der Waals surface area contributed by atoms with Gasteiger partial charge in [-0.25, -0.2) is 4.57 Å². The predicted octanol–water partition coefficient (Wildman–Crippen LogP) is 2.07. The largest absolute Gasteiger partial charge is 0.354 e. The van der Waals surface area contributed by atoms with E-state index in [-0.39, 0.29) is 0 Å². The van der Waals surface area contributed by atoms with Crippen molar-refractivity contribution in [1.82, 2.24) is 14.5 Å². The Morgan fingerprint density at radius 3 is 2.80 bits per heavy atom. The van der Waals surface area contributed by atoms with Crippen LogP contribution in [0.25, 0.3) is 0 Å². The smallest absolute Gasteiger partial charge is 0.234 e. The van der Waals surface area contributed by atoms with Gasteiger partial charge in [0.2, 0.25) is 17.4 Å². The van der Waals surface area contributed by atoms with Crippen molar-refractivity contribution in [2.45, 2.75) is 38.7 Å². The first-order valence-electron chi connectivity index (χ1n) is 8.43. The summed E-state index contributed by atoms with van der Waals surface area (Å²) in [7, 11) is 0. The summed E-state index contributed by atoms with van der Waals surface area (Å²) in [6, 6.07) is 6.09. The van der Waals surface area contributed by atoms with Crippen LogP contribution in [0.1, 0.15) is 25.0 Å². The summed E-state index contributed by atoms with van der Waals surface area (Å²) in [5.41, 5.74) is 3.61. The monoisotopic (exact) mass is 360 g/mol. The summed E-state index contributed by atoms with van der Waals surface area (Å²) in [5, 5.41) is 18.4. The summed E-state index contributed by atoms with van der Waals surface area (Å²) in [5.74, 6) is -0.362. The number of thioether (sulfide) groups is 1. The normalized spacial score (nSPS) is 19.8. The fraction of sp³-hybridized carbons (Fsp3) is 0.471. The van der Waals surface area contributed by atoms with E-state index in [9.17, 15) is 5.11 Å². The first-order valence-corrected chi connectivity index (χ1v) is 9.42. The number of fused-ring (bicyclic) bond motifs is 1. The molecular formula is C17H24N6OS. The molecule has 2 aromatic rings. The Labute approximate surface area is 151 Å². The highest BCUT2D eigenvalue weighted by Crippen LogP contribution is 2.35. The molecule has 0 radical (unpaired) electrons. The van der Waals surface area contributed by atoms with Gasteiger partial charge in [-0.3, -0.25) is 4.99 Å². The fourth-order valence-corrected chi connectivity index (χ4v) is 3.84. The van der Waals surface area contributed by atoms with E-state index >= 15 is 0 Å². The Morgan fingerprint density at radius 2 is 2.12 bits per heavy atom. The summed E-state index contributed by atoms with van der Waals surface area (Å²) in [4.78, 5) is 13.4. The van der Waals surface area contributed by atoms with Crippen LogP contribution >= 0.6 is 11.8 Å². The Hall–Kier alpha value is -2.06. The maximum Gasteiger partial charge on any atom is 0.234 e. The SMILES string of the molecule is CCN=c1nc(NCC)nc2n1[C@](O)(Nc1ccc(C)cc1C)CS2. The van der Waals surface area contributed by atoms with Gasteiger partial charge in [-0.05, 0) is 39.3 Å². The zero-order valence-corrected chi connectivity index (χ0v) is 15.8. The average molecular weight is 360 g/mol. The van der Waals surface area contributed by atoms with Gasteiger partial charge >= 0.3 is 0 Å². The van der Waals surface area contributed by atoms with Gasteiger partial charge in [0.1, 0.15) is 0 Å². The van der Waals surface area contributed by atoms with Crippen LogP contribution in [0, 0.1) is 13.8 Å². The Kier molecular flexibility index (Phi) is 5.01. The van der Waals surface area contributed by atoms with Gasteiger partial charge in [-0.15, -0.1) is 0 Å². The van der Waals surface area contributed by atoms with E-state index in [0.717, 1.165) is 17.8 Å². The lowest BCUT2D eigenvalue weighted by molar-refractivity contribution is 0.00812. The van der Waals surface area contributed by atoms with Crippen molar-refractivity contribution in [3.05, 3.63) is 34.9 Å². The topological polar surface area (TPSA) is 87.4 Å². The van der Waals surface area contributed by atoms with Crippen LogP contribution in [0.15, 0.2) is 28.3 Å². The lowest BCUT2D eigenvalue weighted by Crippen LogP contribution is -2.48. The van der Waals surface area contributed by atoms with Crippen molar-refractivity contribution in [2.24, 2.45) is 4.99 Å². The number of hydrogen-bond donors (Lipinski definition) is 3. The third-order valence-corrected chi connectivity index (χ3v) is 5.00. The van der Waals surface area contributed by atoms with Gasteiger partial charge in [-0.2, -0.15) is 9.97 Å². The lowest BCUT2D eigenvalue weighted by atomic mass is 10.1. The Balaban J connectivity index is 2.06. The van der Waals surface area contributed by atoms with Gasteiger partial charge in [0.25, 0.3) is 0 Å². The van der Waals surface area contributed by atoms with E-state index in [1.807, 2.05) is 32.9 Å². The van der Waals surface area contributed by atoms with Gasteiger partial charge in [0.05, 0.1) is 5.75 Å². The first-order chi connectivity index (χ1) is 12.0. The quantitative estimate of drug-likeness (QED) is 0.708. The minimum absolute atomic E-state index is 0.427. The van der Waals surface area contributed by atoms with E-state index < -0.39 is 5.85 Å². The molecule has 0 spiro atoms. The van der Waals surface area contributed by atoms with E-state index in [1.165, 1.54) is 17.3 Å². The van der Waals surface area contributed by atoms with Crippen LogP contribution in [0.2, 0.25) is 0 Å². The van der Waals surface area contributed by atoms with Gasteiger partial charge in [-0.1, -0.05) is 29.5 Å². The molecule has 7 nitrogen and oxygen atoms in total. The maximum atomic E-state index is 11.3. The zero-order chi connectivity index (χ0) is 18.0. The Morgan fingerprint density at radius 1 is 1.32 bits per heavy atom.